The second-order valence-electron chi connectivity index (χ2n) is 2.03. The summed E-state index contributed by atoms with van der Waals surface area (Å²) in [4.78, 5) is 0. The van der Waals surface area contributed by atoms with Gasteiger partial charge in [-0.3, -0.25) is 0 Å². The first-order chi connectivity index (χ1) is 7.89. The van der Waals surface area contributed by atoms with Crippen molar-refractivity contribution in [3.05, 3.63) is 33.3 Å². The van der Waals surface area contributed by atoms with Gasteiger partial charge in [-0.2, -0.15) is 0 Å². The molecular weight excluding hydrogens is 223 g/mol. The standard InChI is InChI=1S/C9H10BrCl/c1-6(2)7-3-8(10)5-9(11)4-7/h3-6H,1-2H3/i1D3,2D3,6D. The van der Waals surface area contributed by atoms with Gasteiger partial charge in [-0.1, -0.05) is 41.2 Å². The quantitative estimate of drug-likeness (QED) is 0.689. The van der Waals surface area contributed by atoms with Gasteiger partial charge in [0.1, 0.15) is 0 Å². The Balaban J connectivity index is 3.55. The summed E-state index contributed by atoms with van der Waals surface area (Å²) >= 11 is 8.88. The van der Waals surface area contributed by atoms with Crippen LogP contribution in [0.2, 0.25) is 5.02 Å². The fraction of sp³-hybridized carbons (Fsp3) is 0.333. The third-order valence-electron chi connectivity index (χ3n) is 1.15. The van der Waals surface area contributed by atoms with Gasteiger partial charge in [0, 0.05) is 19.1 Å². The van der Waals surface area contributed by atoms with Crippen molar-refractivity contribution in [1.82, 2.24) is 0 Å². The van der Waals surface area contributed by atoms with E-state index in [0.717, 1.165) is 0 Å². The van der Waals surface area contributed by atoms with Crippen LogP contribution in [0.5, 0.6) is 0 Å². The summed E-state index contributed by atoms with van der Waals surface area (Å²) in [6.45, 7) is -6.00. The molecule has 0 radical (unpaired) electrons. The van der Waals surface area contributed by atoms with Crippen molar-refractivity contribution in [2.24, 2.45) is 0 Å². The molecule has 0 saturated heterocycles. The number of halogens is 2. The summed E-state index contributed by atoms with van der Waals surface area (Å²) in [6, 6.07) is 3.97. The lowest BCUT2D eigenvalue weighted by atomic mass is 10.0. The average molecular weight is 241 g/mol. The molecule has 2 heteroatoms. The van der Waals surface area contributed by atoms with E-state index >= 15 is 0 Å². The van der Waals surface area contributed by atoms with Gasteiger partial charge in [-0.25, -0.2) is 0 Å². The van der Waals surface area contributed by atoms with E-state index in [0.29, 0.717) is 4.47 Å². The highest BCUT2D eigenvalue weighted by Crippen LogP contribution is 2.24. The Kier molecular flexibility index (Phi) is 1.11. The Morgan fingerprint density at radius 2 is 2.27 bits per heavy atom. The van der Waals surface area contributed by atoms with Gasteiger partial charge in [-0.15, -0.1) is 0 Å². The van der Waals surface area contributed by atoms with Crippen molar-refractivity contribution in [3.63, 3.8) is 0 Å². The number of hydrogen-bond donors (Lipinski definition) is 0. The SMILES string of the molecule is [2H]C([2H])([2H])C([2H])(c1cc(Cl)cc(Br)c1)C([2H])([2H])[2H]. The van der Waals surface area contributed by atoms with E-state index in [-0.39, 0.29) is 10.6 Å². The predicted molar refractivity (Wildman–Crippen MR) is 53.2 cm³/mol. The molecule has 0 aliphatic rings. The van der Waals surface area contributed by atoms with E-state index in [9.17, 15) is 0 Å². The third-order valence-corrected chi connectivity index (χ3v) is 1.83. The van der Waals surface area contributed by atoms with Gasteiger partial charge in [0.15, 0.2) is 0 Å². The average Bonchev–Trinajstić information content (AvgIpc) is 2.11. The summed E-state index contributed by atoms with van der Waals surface area (Å²) in [5.41, 5.74) is -0.165. The molecule has 0 amide bonds. The molecule has 60 valence electrons. The first kappa shape index (κ1) is 3.39. The van der Waals surface area contributed by atoms with Crippen LogP contribution in [0.25, 0.3) is 0 Å². The Morgan fingerprint density at radius 1 is 1.55 bits per heavy atom. The van der Waals surface area contributed by atoms with E-state index in [1.165, 1.54) is 18.2 Å². The number of rotatable bonds is 1. The lowest BCUT2D eigenvalue weighted by Crippen LogP contribution is -1.86. The molecule has 0 spiro atoms. The second kappa shape index (κ2) is 3.59. The van der Waals surface area contributed by atoms with Crippen LogP contribution < -0.4 is 0 Å². The van der Waals surface area contributed by atoms with Crippen molar-refractivity contribution >= 4 is 27.5 Å². The fourth-order valence-electron chi connectivity index (χ4n) is 0.698. The topological polar surface area (TPSA) is 0 Å². The minimum absolute atomic E-state index is 0.165. The zero-order valence-electron chi connectivity index (χ0n) is 12.5. The van der Waals surface area contributed by atoms with Gasteiger partial charge in [0.05, 0.1) is 0 Å². The highest BCUT2D eigenvalue weighted by atomic mass is 79.9. The Bertz CT molecular complexity index is 417. The normalized spacial score (nSPS) is 23.3. The van der Waals surface area contributed by atoms with Crippen molar-refractivity contribution in [1.29, 1.82) is 0 Å². The van der Waals surface area contributed by atoms with Crippen molar-refractivity contribution in [3.8, 4) is 0 Å². The van der Waals surface area contributed by atoms with E-state index < -0.39 is 19.6 Å². The van der Waals surface area contributed by atoms with E-state index in [4.69, 9.17) is 21.2 Å². The van der Waals surface area contributed by atoms with E-state index in [1.54, 1.807) is 0 Å². The maximum Gasteiger partial charge on any atom is 0.0420 e. The van der Waals surface area contributed by atoms with Crippen molar-refractivity contribution < 1.29 is 9.60 Å². The van der Waals surface area contributed by atoms with Crippen LogP contribution in [0.1, 0.15) is 34.8 Å². The minimum atomic E-state index is -3.00. The van der Waals surface area contributed by atoms with Crippen LogP contribution in [0.15, 0.2) is 22.7 Å². The van der Waals surface area contributed by atoms with E-state index in [1.807, 2.05) is 0 Å². The molecule has 0 atom stereocenters. The summed E-state index contributed by atoms with van der Waals surface area (Å²) in [6.07, 6.45) is 0. The summed E-state index contributed by atoms with van der Waals surface area (Å²) in [5, 5.41) is 0.171. The smallest absolute Gasteiger partial charge is 0.0420 e. The van der Waals surface area contributed by atoms with Crippen LogP contribution in [-0.2, 0) is 0 Å². The van der Waals surface area contributed by atoms with Crippen LogP contribution >= 0.6 is 27.5 Å². The zero-order valence-corrected chi connectivity index (χ0v) is 7.83. The third kappa shape index (κ3) is 2.49. The molecule has 0 heterocycles. The number of hydrogen-bond acceptors (Lipinski definition) is 0. The Hall–Kier alpha value is -0.0100. The first-order valence-corrected chi connectivity index (χ1v) is 4.03. The van der Waals surface area contributed by atoms with Crippen molar-refractivity contribution in [2.75, 3.05) is 0 Å². The Morgan fingerprint density at radius 3 is 2.82 bits per heavy atom. The Labute approximate surface area is 90.5 Å². The molecule has 0 aliphatic heterocycles. The molecule has 1 aromatic carbocycles. The molecule has 0 N–H and O–H groups in total. The van der Waals surface area contributed by atoms with Crippen LogP contribution in [0, 0.1) is 0 Å². The minimum Gasteiger partial charge on any atom is -0.0843 e. The van der Waals surface area contributed by atoms with Crippen LogP contribution in [-0.4, -0.2) is 0 Å². The van der Waals surface area contributed by atoms with E-state index in [2.05, 4.69) is 15.9 Å². The molecule has 0 saturated carbocycles. The van der Waals surface area contributed by atoms with Gasteiger partial charge in [0.25, 0.3) is 0 Å². The van der Waals surface area contributed by atoms with Crippen LogP contribution in [0.3, 0.4) is 0 Å². The fourth-order valence-corrected chi connectivity index (χ4v) is 1.56. The summed E-state index contributed by atoms with van der Waals surface area (Å²) in [7, 11) is 0. The van der Waals surface area contributed by atoms with Gasteiger partial charge >= 0.3 is 0 Å². The highest BCUT2D eigenvalue weighted by Gasteiger charge is 2.00. The molecule has 0 bridgehead atoms. The predicted octanol–water partition coefficient (Wildman–Crippen LogP) is 4.23. The molecule has 0 aliphatic carbocycles. The molecule has 0 fully saturated rings. The molecule has 11 heavy (non-hydrogen) atoms. The second-order valence-corrected chi connectivity index (χ2v) is 3.39. The molecule has 0 aromatic heterocycles. The lowest BCUT2D eigenvalue weighted by molar-refractivity contribution is 0.866. The first-order valence-electron chi connectivity index (χ1n) is 6.36. The van der Waals surface area contributed by atoms with Crippen molar-refractivity contribution in [2.45, 2.75) is 19.6 Å². The zero-order chi connectivity index (χ0) is 14.4. The molecule has 1 rings (SSSR count). The molecule has 1 aromatic rings. The molecular formula is C9H10BrCl. The largest absolute Gasteiger partial charge is 0.0843 e. The molecule has 0 nitrogen and oxygen atoms in total. The maximum atomic E-state index is 7.95. The lowest BCUT2D eigenvalue weighted by Gasteiger charge is -2.05. The highest BCUT2D eigenvalue weighted by molar-refractivity contribution is 9.10. The van der Waals surface area contributed by atoms with Gasteiger partial charge in [0.2, 0.25) is 0 Å². The van der Waals surface area contributed by atoms with Gasteiger partial charge < -0.3 is 0 Å². The monoisotopic (exact) mass is 239 g/mol. The number of benzene rings is 1. The summed E-state index contributed by atoms with van der Waals surface area (Å²) in [5.74, 6) is -2.71. The van der Waals surface area contributed by atoms with Crippen LogP contribution in [0.4, 0.5) is 0 Å². The maximum absolute atomic E-state index is 7.95. The summed E-state index contributed by atoms with van der Waals surface area (Å²) < 4.78 is 52.5. The molecule has 0 unspecified atom stereocenters. The van der Waals surface area contributed by atoms with Gasteiger partial charge in [-0.05, 0) is 29.7 Å².